The van der Waals surface area contributed by atoms with Crippen LogP contribution < -0.4 is 5.32 Å². The van der Waals surface area contributed by atoms with Crippen LogP contribution in [0.5, 0.6) is 0 Å². The van der Waals surface area contributed by atoms with E-state index in [1.807, 2.05) is 6.20 Å². The molecule has 2 aromatic heterocycles. The Morgan fingerprint density at radius 3 is 3.15 bits per heavy atom. The number of fused-ring (bicyclic) bond motifs is 2. The van der Waals surface area contributed by atoms with Gasteiger partial charge >= 0.3 is 0 Å². The Morgan fingerprint density at radius 1 is 1.20 bits per heavy atom. The minimum Gasteiger partial charge on any atom is -0.367 e. The average Bonchev–Trinajstić information content (AvgIpc) is 2.95. The molecule has 0 spiro atoms. The van der Waals surface area contributed by atoms with Gasteiger partial charge in [-0.15, -0.1) is 0 Å². The smallest absolute Gasteiger partial charge is 0.133 e. The molecule has 1 N–H and O–H groups in total. The summed E-state index contributed by atoms with van der Waals surface area (Å²) in [6.07, 6.45) is 10.5. The van der Waals surface area contributed by atoms with Crippen molar-refractivity contribution >= 4 is 5.82 Å². The fraction of sp³-hybridized carbons (Fsp3) is 0.533. The summed E-state index contributed by atoms with van der Waals surface area (Å²) < 4.78 is 2.10. The first kappa shape index (κ1) is 11.9. The molecule has 5 heteroatoms. The molecule has 20 heavy (non-hydrogen) atoms. The SMILES string of the molecule is c1nc2c(c(NC3CCn4nccc4C3)n1)CCCC2. The molecule has 1 aliphatic carbocycles. The first-order valence-electron chi connectivity index (χ1n) is 7.50. The van der Waals surface area contributed by atoms with Crippen LogP contribution in [0.4, 0.5) is 5.82 Å². The Bertz CT molecular complexity index is 618. The van der Waals surface area contributed by atoms with Gasteiger partial charge in [0.2, 0.25) is 0 Å². The van der Waals surface area contributed by atoms with Gasteiger partial charge in [0, 0.05) is 42.2 Å². The van der Waals surface area contributed by atoms with Crippen LogP contribution in [0, 0.1) is 0 Å². The maximum atomic E-state index is 4.49. The van der Waals surface area contributed by atoms with E-state index < -0.39 is 0 Å². The Morgan fingerprint density at radius 2 is 2.15 bits per heavy atom. The van der Waals surface area contributed by atoms with Crippen molar-refractivity contribution in [2.45, 2.75) is 51.1 Å². The van der Waals surface area contributed by atoms with Crippen molar-refractivity contribution in [1.29, 1.82) is 0 Å². The fourth-order valence-electron chi connectivity index (χ4n) is 3.33. The average molecular weight is 269 g/mol. The summed E-state index contributed by atoms with van der Waals surface area (Å²) in [5, 5.41) is 7.98. The molecule has 3 heterocycles. The number of rotatable bonds is 2. The molecule has 0 aromatic carbocycles. The molecule has 0 saturated carbocycles. The molecule has 0 radical (unpaired) electrons. The molecule has 4 rings (SSSR count). The number of nitrogens with one attached hydrogen (secondary N) is 1. The third kappa shape index (κ3) is 2.07. The normalized spacial score (nSPS) is 21.1. The van der Waals surface area contributed by atoms with Crippen LogP contribution in [0.2, 0.25) is 0 Å². The van der Waals surface area contributed by atoms with Gasteiger partial charge in [0.1, 0.15) is 12.1 Å². The summed E-state index contributed by atoms with van der Waals surface area (Å²) in [6, 6.07) is 2.57. The van der Waals surface area contributed by atoms with Crippen molar-refractivity contribution in [1.82, 2.24) is 19.7 Å². The molecular formula is C15H19N5. The topological polar surface area (TPSA) is 55.6 Å². The largest absolute Gasteiger partial charge is 0.367 e. The summed E-state index contributed by atoms with van der Waals surface area (Å²) in [7, 11) is 0. The van der Waals surface area contributed by atoms with E-state index in [2.05, 4.69) is 31.1 Å². The van der Waals surface area contributed by atoms with Crippen LogP contribution in [-0.2, 0) is 25.8 Å². The van der Waals surface area contributed by atoms with Gasteiger partial charge in [0.15, 0.2) is 0 Å². The van der Waals surface area contributed by atoms with Crippen molar-refractivity contribution in [3.8, 4) is 0 Å². The standard InChI is InChI=1S/C15H19N5/c1-2-4-14-13(3-1)15(17-10-16-14)19-11-6-8-20-12(9-11)5-7-18-20/h5,7,10-11H,1-4,6,8-9H2,(H,16,17,19). The predicted molar refractivity (Wildman–Crippen MR) is 76.6 cm³/mol. The molecule has 5 nitrogen and oxygen atoms in total. The lowest BCUT2D eigenvalue weighted by Gasteiger charge is -2.26. The highest BCUT2D eigenvalue weighted by Gasteiger charge is 2.22. The monoisotopic (exact) mass is 269 g/mol. The van der Waals surface area contributed by atoms with E-state index in [4.69, 9.17) is 0 Å². The number of nitrogens with zero attached hydrogens (tertiary/aromatic N) is 4. The van der Waals surface area contributed by atoms with E-state index in [-0.39, 0.29) is 0 Å². The third-order valence-corrected chi connectivity index (χ3v) is 4.42. The van der Waals surface area contributed by atoms with Crippen molar-refractivity contribution in [2.75, 3.05) is 5.32 Å². The fourth-order valence-corrected chi connectivity index (χ4v) is 3.33. The Hall–Kier alpha value is -1.91. The van der Waals surface area contributed by atoms with Crippen molar-refractivity contribution in [2.24, 2.45) is 0 Å². The lowest BCUT2D eigenvalue weighted by Crippen LogP contribution is -2.31. The van der Waals surface area contributed by atoms with Crippen molar-refractivity contribution in [3.63, 3.8) is 0 Å². The van der Waals surface area contributed by atoms with E-state index in [1.165, 1.54) is 29.8 Å². The zero-order valence-electron chi connectivity index (χ0n) is 11.5. The predicted octanol–water partition coefficient (Wildman–Crippen LogP) is 1.98. The summed E-state index contributed by atoms with van der Waals surface area (Å²) in [5.74, 6) is 1.06. The van der Waals surface area contributed by atoms with Crippen LogP contribution in [0.3, 0.4) is 0 Å². The quantitative estimate of drug-likeness (QED) is 0.905. The molecule has 104 valence electrons. The molecule has 1 atom stereocenters. The van der Waals surface area contributed by atoms with Gasteiger partial charge in [-0.25, -0.2) is 9.97 Å². The van der Waals surface area contributed by atoms with Gasteiger partial charge in [-0.3, -0.25) is 4.68 Å². The Kier molecular flexibility index (Phi) is 2.90. The Labute approximate surface area is 118 Å². The van der Waals surface area contributed by atoms with Crippen molar-refractivity contribution < 1.29 is 0 Å². The maximum Gasteiger partial charge on any atom is 0.133 e. The molecule has 0 bridgehead atoms. The maximum absolute atomic E-state index is 4.49. The van der Waals surface area contributed by atoms with Gasteiger partial charge in [-0.1, -0.05) is 0 Å². The molecule has 1 unspecified atom stereocenters. The highest BCUT2D eigenvalue weighted by Crippen LogP contribution is 2.26. The number of aromatic nitrogens is 4. The zero-order chi connectivity index (χ0) is 13.4. The van der Waals surface area contributed by atoms with Crippen LogP contribution in [0.1, 0.15) is 36.2 Å². The lowest BCUT2D eigenvalue weighted by atomic mass is 9.96. The number of anilines is 1. The molecule has 0 saturated heterocycles. The van der Waals surface area contributed by atoms with E-state index in [1.54, 1.807) is 6.33 Å². The number of hydrogen-bond acceptors (Lipinski definition) is 4. The first-order valence-corrected chi connectivity index (χ1v) is 7.50. The highest BCUT2D eigenvalue weighted by atomic mass is 15.3. The molecule has 0 amide bonds. The lowest BCUT2D eigenvalue weighted by molar-refractivity contribution is 0.454. The van der Waals surface area contributed by atoms with Gasteiger partial charge in [0.05, 0.1) is 0 Å². The third-order valence-electron chi connectivity index (χ3n) is 4.42. The molecule has 2 aliphatic rings. The Balaban J connectivity index is 1.55. The van der Waals surface area contributed by atoms with Crippen LogP contribution in [0.25, 0.3) is 0 Å². The number of hydrogen-bond donors (Lipinski definition) is 1. The molecular weight excluding hydrogens is 250 g/mol. The van der Waals surface area contributed by atoms with Gasteiger partial charge in [-0.2, -0.15) is 5.10 Å². The molecule has 2 aromatic rings. The minimum absolute atomic E-state index is 0.458. The molecule has 1 aliphatic heterocycles. The van der Waals surface area contributed by atoms with E-state index in [9.17, 15) is 0 Å². The minimum atomic E-state index is 0.458. The second-order valence-corrected chi connectivity index (χ2v) is 5.73. The summed E-state index contributed by atoms with van der Waals surface area (Å²) >= 11 is 0. The highest BCUT2D eigenvalue weighted by molar-refractivity contribution is 5.48. The summed E-state index contributed by atoms with van der Waals surface area (Å²) in [5.41, 5.74) is 3.91. The second-order valence-electron chi connectivity index (χ2n) is 5.73. The number of aryl methyl sites for hydroxylation is 2. The van der Waals surface area contributed by atoms with Crippen molar-refractivity contribution in [3.05, 3.63) is 35.5 Å². The van der Waals surface area contributed by atoms with Gasteiger partial charge < -0.3 is 5.32 Å². The summed E-state index contributed by atoms with van der Waals surface area (Å²) in [6.45, 7) is 0.993. The van der Waals surface area contributed by atoms with E-state index >= 15 is 0 Å². The van der Waals surface area contributed by atoms with Gasteiger partial charge in [-0.05, 0) is 38.2 Å². The summed E-state index contributed by atoms with van der Waals surface area (Å²) in [4.78, 5) is 8.92. The van der Waals surface area contributed by atoms with Gasteiger partial charge in [0.25, 0.3) is 0 Å². The van der Waals surface area contributed by atoms with E-state index in [0.717, 1.165) is 38.0 Å². The van der Waals surface area contributed by atoms with Crippen LogP contribution in [-0.4, -0.2) is 25.8 Å². The first-order chi connectivity index (χ1) is 9.90. The second kappa shape index (κ2) is 4.89. The molecule has 0 fully saturated rings. The van der Waals surface area contributed by atoms with Crippen LogP contribution >= 0.6 is 0 Å². The zero-order valence-corrected chi connectivity index (χ0v) is 11.5. The van der Waals surface area contributed by atoms with Crippen LogP contribution in [0.15, 0.2) is 18.6 Å². The van der Waals surface area contributed by atoms with E-state index in [0.29, 0.717) is 6.04 Å².